The van der Waals surface area contributed by atoms with Crippen molar-refractivity contribution in [1.82, 2.24) is 20.2 Å². The highest BCUT2D eigenvalue weighted by atomic mass is 32.2. The lowest BCUT2D eigenvalue weighted by atomic mass is 10.3. The highest BCUT2D eigenvalue weighted by Crippen LogP contribution is 2.18. The van der Waals surface area contributed by atoms with Crippen LogP contribution in [0.25, 0.3) is 5.69 Å². The molecule has 2 N–H and O–H groups in total. The van der Waals surface area contributed by atoms with Gasteiger partial charge in [0.25, 0.3) is 0 Å². The van der Waals surface area contributed by atoms with E-state index in [0.717, 1.165) is 5.69 Å². The van der Waals surface area contributed by atoms with E-state index in [-0.39, 0.29) is 0 Å². The third-order valence-corrected chi connectivity index (χ3v) is 3.38. The van der Waals surface area contributed by atoms with Crippen LogP contribution in [-0.2, 0) is 9.53 Å². The van der Waals surface area contributed by atoms with Crippen LogP contribution in [-0.4, -0.2) is 45.1 Å². The molecule has 2 aromatic rings. The fourth-order valence-corrected chi connectivity index (χ4v) is 2.21. The van der Waals surface area contributed by atoms with E-state index in [1.807, 2.05) is 30.3 Å². The molecule has 0 bridgehead atoms. The molecule has 1 aromatic heterocycles. The Kier molecular flexibility index (Phi) is 4.48. The van der Waals surface area contributed by atoms with Gasteiger partial charge in [-0.15, -0.1) is 5.10 Å². The number of carbonyl (C=O) groups is 1. The number of thioether (sulfide) groups is 1. The van der Waals surface area contributed by atoms with Gasteiger partial charge in [0.2, 0.25) is 5.16 Å². The molecular formula is C11H13N5O2S. The van der Waals surface area contributed by atoms with Crippen molar-refractivity contribution < 1.29 is 9.53 Å². The van der Waals surface area contributed by atoms with Crippen LogP contribution in [0.3, 0.4) is 0 Å². The second-order valence-corrected chi connectivity index (χ2v) is 4.64. The second kappa shape index (κ2) is 6.30. The van der Waals surface area contributed by atoms with Gasteiger partial charge in [0.1, 0.15) is 6.04 Å². The van der Waals surface area contributed by atoms with Crippen LogP contribution < -0.4 is 5.73 Å². The van der Waals surface area contributed by atoms with Crippen LogP contribution in [0.1, 0.15) is 0 Å². The first-order chi connectivity index (χ1) is 9.22. The van der Waals surface area contributed by atoms with E-state index in [4.69, 9.17) is 5.73 Å². The zero-order valence-corrected chi connectivity index (χ0v) is 11.1. The fourth-order valence-electron chi connectivity index (χ4n) is 1.38. The van der Waals surface area contributed by atoms with E-state index in [0.29, 0.717) is 10.9 Å². The maximum absolute atomic E-state index is 11.2. The quantitative estimate of drug-likeness (QED) is 0.619. The zero-order valence-electron chi connectivity index (χ0n) is 10.3. The number of nitrogens with two attached hydrogens (primary N) is 1. The van der Waals surface area contributed by atoms with Crippen molar-refractivity contribution in [3.8, 4) is 5.69 Å². The van der Waals surface area contributed by atoms with Gasteiger partial charge in [-0.05, 0) is 22.6 Å². The van der Waals surface area contributed by atoms with Crippen molar-refractivity contribution in [3.05, 3.63) is 30.3 Å². The molecule has 0 fully saturated rings. The Morgan fingerprint density at radius 2 is 2.21 bits per heavy atom. The molecule has 1 atom stereocenters. The van der Waals surface area contributed by atoms with Gasteiger partial charge in [-0.1, -0.05) is 30.0 Å². The average molecular weight is 279 g/mol. The molecule has 1 heterocycles. The number of esters is 1. The van der Waals surface area contributed by atoms with Crippen molar-refractivity contribution >= 4 is 17.7 Å². The molecule has 0 aliphatic rings. The average Bonchev–Trinajstić information content (AvgIpc) is 2.93. The summed E-state index contributed by atoms with van der Waals surface area (Å²) in [5.74, 6) is -0.105. The first kappa shape index (κ1) is 13.5. The zero-order chi connectivity index (χ0) is 13.7. The van der Waals surface area contributed by atoms with E-state index in [2.05, 4.69) is 20.3 Å². The highest BCUT2D eigenvalue weighted by Gasteiger charge is 2.16. The third-order valence-electron chi connectivity index (χ3n) is 2.34. The van der Waals surface area contributed by atoms with E-state index >= 15 is 0 Å². The molecule has 1 aromatic carbocycles. The first-order valence-corrected chi connectivity index (χ1v) is 6.51. The summed E-state index contributed by atoms with van der Waals surface area (Å²) in [5.41, 5.74) is 6.51. The SMILES string of the molecule is COC(=O)C(N)CSc1nnnn1-c1ccccc1. The number of methoxy groups -OCH3 is 1. The summed E-state index contributed by atoms with van der Waals surface area (Å²) in [4.78, 5) is 11.2. The van der Waals surface area contributed by atoms with E-state index < -0.39 is 12.0 Å². The Labute approximate surface area is 114 Å². The Bertz CT molecular complexity index is 545. The summed E-state index contributed by atoms with van der Waals surface area (Å²) >= 11 is 1.30. The molecule has 2 rings (SSSR count). The number of ether oxygens (including phenoxy) is 1. The summed E-state index contributed by atoms with van der Waals surface area (Å²) in [6.45, 7) is 0. The van der Waals surface area contributed by atoms with Gasteiger partial charge in [-0.2, -0.15) is 4.68 Å². The molecule has 100 valence electrons. The maximum Gasteiger partial charge on any atom is 0.323 e. The standard InChI is InChI=1S/C11H13N5O2S/c1-18-10(17)9(12)7-19-11-13-14-15-16(11)8-5-3-2-4-6-8/h2-6,9H,7,12H2,1H3. The number of para-hydroxylation sites is 1. The van der Waals surface area contributed by atoms with Crippen molar-refractivity contribution in [2.75, 3.05) is 12.9 Å². The van der Waals surface area contributed by atoms with Gasteiger partial charge in [0.05, 0.1) is 12.8 Å². The highest BCUT2D eigenvalue weighted by molar-refractivity contribution is 7.99. The smallest absolute Gasteiger partial charge is 0.323 e. The molecule has 0 aliphatic carbocycles. The van der Waals surface area contributed by atoms with Crippen LogP contribution in [0, 0.1) is 0 Å². The Morgan fingerprint density at radius 3 is 2.89 bits per heavy atom. The van der Waals surface area contributed by atoms with Crippen LogP contribution in [0.2, 0.25) is 0 Å². The lowest BCUT2D eigenvalue weighted by molar-refractivity contribution is -0.141. The summed E-state index contributed by atoms with van der Waals surface area (Å²) < 4.78 is 6.15. The van der Waals surface area contributed by atoms with Gasteiger partial charge in [0, 0.05) is 5.75 Å². The minimum absolute atomic E-state index is 0.347. The number of hydrogen-bond donors (Lipinski definition) is 1. The van der Waals surface area contributed by atoms with Crippen LogP contribution in [0.5, 0.6) is 0 Å². The first-order valence-electron chi connectivity index (χ1n) is 5.52. The van der Waals surface area contributed by atoms with Crippen LogP contribution in [0.4, 0.5) is 0 Å². The number of tetrazole rings is 1. The minimum atomic E-state index is -0.698. The minimum Gasteiger partial charge on any atom is -0.468 e. The molecule has 19 heavy (non-hydrogen) atoms. The molecule has 0 aliphatic heterocycles. The normalized spacial score (nSPS) is 12.1. The number of rotatable bonds is 5. The number of benzene rings is 1. The largest absolute Gasteiger partial charge is 0.468 e. The summed E-state index contributed by atoms with van der Waals surface area (Å²) in [7, 11) is 1.31. The summed E-state index contributed by atoms with van der Waals surface area (Å²) in [6, 6.07) is 8.78. The van der Waals surface area contributed by atoms with Crippen LogP contribution in [0.15, 0.2) is 35.5 Å². The summed E-state index contributed by atoms with van der Waals surface area (Å²) in [6.07, 6.45) is 0. The Morgan fingerprint density at radius 1 is 1.47 bits per heavy atom. The second-order valence-electron chi connectivity index (χ2n) is 3.65. The molecular weight excluding hydrogens is 266 g/mol. The fraction of sp³-hybridized carbons (Fsp3) is 0.273. The van der Waals surface area contributed by atoms with Crippen molar-refractivity contribution in [2.24, 2.45) is 5.73 Å². The number of nitrogens with zero attached hydrogens (tertiary/aromatic N) is 4. The number of hydrogen-bond acceptors (Lipinski definition) is 7. The molecule has 0 radical (unpaired) electrons. The lowest BCUT2D eigenvalue weighted by Gasteiger charge is -2.08. The number of aromatic nitrogens is 4. The molecule has 0 amide bonds. The van der Waals surface area contributed by atoms with E-state index in [9.17, 15) is 4.79 Å². The molecule has 8 heteroatoms. The van der Waals surface area contributed by atoms with Crippen molar-refractivity contribution in [1.29, 1.82) is 0 Å². The maximum atomic E-state index is 11.2. The third kappa shape index (κ3) is 3.30. The van der Waals surface area contributed by atoms with Gasteiger partial charge < -0.3 is 10.5 Å². The Hall–Kier alpha value is -1.93. The van der Waals surface area contributed by atoms with Gasteiger partial charge in [-0.25, -0.2) is 0 Å². The number of carbonyl (C=O) groups excluding carboxylic acids is 1. The summed E-state index contributed by atoms with van der Waals surface area (Å²) in [5, 5.41) is 12.0. The van der Waals surface area contributed by atoms with Gasteiger partial charge in [-0.3, -0.25) is 4.79 Å². The monoisotopic (exact) mass is 279 g/mol. The van der Waals surface area contributed by atoms with Crippen LogP contribution >= 0.6 is 11.8 Å². The predicted octanol–water partition coefficient (Wildman–Crippen LogP) is 0.255. The predicted molar refractivity (Wildman–Crippen MR) is 69.9 cm³/mol. The molecule has 1 unspecified atom stereocenters. The van der Waals surface area contributed by atoms with E-state index in [1.54, 1.807) is 4.68 Å². The molecule has 0 spiro atoms. The molecule has 0 saturated heterocycles. The van der Waals surface area contributed by atoms with E-state index in [1.165, 1.54) is 18.9 Å². The van der Waals surface area contributed by atoms with Gasteiger partial charge in [0.15, 0.2) is 0 Å². The Balaban J connectivity index is 2.07. The lowest BCUT2D eigenvalue weighted by Crippen LogP contribution is -2.33. The topological polar surface area (TPSA) is 95.9 Å². The molecule has 7 nitrogen and oxygen atoms in total. The van der Waals surface area contributed by atoms with Gasteiger partial charge >= 0.3 is 5.97 Å². The molecule has 0 saturated carbocycles. The van der Waals surface area contributed by atoms with Crippen molar-refractivity contribution in [2.45, 2.75) is 11.2 Å². The van der Waals surface area contributed by atoms with Crippen molar-refractivity contribution in [3.63, 3.8) is 0 Å².